The summed E-state index contributed by atoms with van der Waals surface area (Å²) in [5.74, 6) is 0. The molecule has 1 heterocycles. The van der Waals surface area contributed by atoms with Gasteiger partial charge in [0.15, 0.2) is 0 Å². The third kappa shape index (κ3) is 5.54. The molecule has 1 atom stereocenters. The number of rotatable bonds is 6. The molecule has 124 valence electrons. The summed E-state index contributed by atoms with van der Waals surface area (Å²) in [7, 11) is 0. The second kappa shape index (κ2) is 7.43. The minimum atomic E-state index is 0.228. The van der Waals surface area contributed by atoms with Crippen molar-refractivity contribution in [3.63, 3.8) is 0 Å². The van der Waals surface area contributed by atoms with E-state index in [0.29, 0.717) is 11.5 Å². The van der Waals surface area contributed by atoms with Crippen molar-refractivity contribution in [3.8, 4) is 0 Å². The molecule has 1 aliphatic heterocycles. The molecule has 3 heteroatoms. The van der Waals surface area contributed by atoms with Crippen molar-refractivity contribution in [1.29, 1.82) is 0 Å². The van der Waals surface area contributed by atoms with E-state index in [9.17, 15) is 0 Å². The zero-order valence-electron chi connectivity index (χ0n) is 14.7. The third-order valence-electron chi connectivity index (χ3n) is 5.08. The maximum atomic E-state index is 5.87. The van der Waals surface area contributed by atoms with Crippen LogP contribution in [-0.2, 0) is 4.74 Å². The molecule has 1 N–H and O–H groups in total. The zero-order chi connectivity index (χ0) is 15.3. The van der Waals surface area contributed by atoms with Gasteiger partial charge in [0.2, 0.25) is 0 Å². The van der Waals surface area contributed by atoms with Crippen molar-refractivity contribution >= 4 is 0 Å². The lowest BCUT2D eigenvalue weighted by atomic mass is 9.84. The number of ether oxygens (including phenoxy) is 1. The lowest BCUT2D eigenvalue weighted by molar-refractivity contribution is -0.00695. The van der Waals surface area contributed by atoms with Gasteiger partial charge in [-0.05, 0) is 65.3 Å². The van der Waals surface area contributed by atoms with Gasteiger partial charge in [0.1, 0.15) is 0 Å². The Kier molecular flexibility index (Phi) is 6.10. The standard InChI is InChI=1S/C18H36N2O/c1-5-21-16-9-8-12-20(13-16)15-18(10-6-7-11-18)14-19-17(2,3)4/h16,19H,5-15H2,1-4H3. The van der Waals surface area contributed by atoms with Gasteiger partial charge in [-0.3, -0.25) is 0 Å². The molecular weight excluding hydrogens is 260 g/mol. The Hall–Kier alpha value is -0.120. The number of nitrogens with one attached hydrogen (secondary N) is 1. The van der Waals surface area contributed by atoms with Crippen molar-refractivity contribution in [2.75, 3.05) is 32.8 Å². The fraction of sp³-hybridized carbons (Fsp3) is 1.00. The number of hydrogen-bond acceptors (Lipinski definition) is 3. The lowest BCUT2D eigenvalue weighted by Crippen LogP contribution is -2.50. The van der Waals surface area contributed by atoms with Gasteiger partial charge >= 0.3 is 0 Å². The van der Waals surface area contributed by atoms with Gasteiger partial charge in [-0.2, -0.15) is 0 Å². The molecule has 2 fully saturated rings. The van der Waals surface area contributed by atoms with E-state index >= 15 is 0 Å². The fourth-order valence-corrected chi connectivity index (χ4v) is 3.97. The SMILES string of the molecule is CCOC1CCCN(CC2(CNC(C)(C)C)CCCC2)C1. The largest absolute Gasteiger partial charge is 0.377 e. The maximum absolute atomic E-state index is 5.87. The second-order valence-electron chi connectivity index (χ2n) is 8.27. The molecule has 0 spiro atoms. The number of likely N-dealkylation sites (tertiary alicyclic amines) is 1. The topological polar surface area (TPSA) is 24.5 Å². The van der Waals surface area contributed by atoms with Gasteiger partial charge < -0.3 is 15.0 Å². The van der Waals surface area contributed by atoms with E-state index in [-0.39, 0.29) is 5.54 Å². The maximum Gasteiger partial charge on any atom is 0.0702 e. The van der Waals surface area contributed by atoms with Gasteiger partial charge in [-0.15, -0.1) is 0 Å². The average Bonchev–Trinajstić information content (AvgIpc) is 2.86. The molecule has 2 aliphatic rings. The Balaban J connectivity index is 1.89. The highest BCUT2D eigenvalue weighted by Crippen LogP contribution is 2.39. The zero-order valence-corrected chi connectivity index (χ0v) is 14.7. The molecule has 1 saturated heterocycles. The Labute approximate surface area is 131 Å². The van der Waals surface area contributed by atoms with Crippen molar-refractivity contribution in [2.24, 2.45) is 5.41 Å². The van der Waals surface area contributed by atoms with Crippen LogP contribution in [0.2, 0.25) is 0 Å². The van der Waals surface area contributed by atoms with Crippen LogP contribution < -0.4 is 5.32 Å². The van der Waals surface area contributed by atoms with Crippen molar-refractivity contribution in [1.82, 2.24) is 10.2 Å². The summed E-state index contributed by atoms with van der Waals surface area (Å²) in [4.78, 5) is 2.68. The van der Waals surface area contributed by atoms with Gasteiger partial charge in [0.25, 0.3) is 0 Å². The van der Waals surface area contributed by atoms with Crippen LogP contribution in [-0.4, -0.2) is 49.3 Å². The number of nitrogens with zero attached hydrogens (tertiary/aromatic N) is 1. The van der Waals surface area contributed by atoms with Crippen LogP contribution in [0.3, 0.4) is 0 Å². The summed E-state index contributed by atoms with van der Waals surface area (Å²) in [6.07, 6.45) is 8.63. The normalized spacial score (nSPS) is 27.1. The molecule has 3 nitrogen and oxygen atoms in total. The van der Waals surface area contributed by atoms with E-state index in [2.05, 4.69) is 37.9 Å². The highest BCUT2D eigenvalue weighted by atomic mass is 16.5. The molecule has 0 bridgehead atoms. The summed E-state index contributed by atoms with van der Waals surface area (Å²) >= 11 is 0. The van der Waals surface area contributed by atoms with E-state index in [4.69, 9.17) is 4.74 Å². The quantitative estimate of drug-likeness (QED) is 0.812. The number of hydrogen-bond donors (Lipinski definition) is 1. The smallest absolute Gasteiger partial charge is 0.0702 e. The van der Waals surface area contributed by atoms with Gasteiger partial charge in [-0.1, -0.05) is 12.8 Å². The van der Waals surface area contributed by atoms with Crippen molar-refractivity contribution in [2.45, 2.75) is 77.9 Å². The minimum absolute atomic E-state index is 0.228. The average molecular weight is 296 g/mol. The first kappa shape index (κ1) is 17.2. The lowest BCUT2D eigenvalue weighted by Gasteiger charge is -2.41. The molecule has 1 unspecified atom stereocenters. The minimum Gasteiger partial charge on any atom is -0.377 e. The van der Waals surface area contributed by atoms with Crippen LogP contribution in [0.15, 0.2) is 0 Å². The molecule has 0 aromatic carbocycles. The summed E-state index contributed by atoms with van der Waals surface area (Å²) in [6, 6.07) is 0. The summed E-state index contributed by atoms with van der Waals surface area (Å²) in [5.41, 5.74) is 0.729. The Morgan fingerprint density at radius 1 is 1.19 bits per heavy atom. The first-order chi connectivity index (χ1) is 9.92. The van der Waals surface area contributed by atoms with Crippen molar-refractivity contribution < 1.29 is 4.74 Å². The Morgan fingerprint density at radius 2 is 1.90 bits per heavy atom. The van der Waals surface area contributed by atoms with Gasteiger partial charge in [-0.25, -0.2) is 0 Å². The number of piperidine rings is 1. The molecule has 1 saturated carbocycles. The van der Waals surface area contributed by atoms with Gasteiger partial charge in [0.05, 0.1) is 6.10 Å². The highest BCUT2D eigenvalue weighted by Gasteiger charge is 2.37. The summed E-state index contributed by atoms with van der Waals surface area (Å²) in [5, 5.41) is 3.77. The highest BCUT2D eigenvalue weighted by molar-refractivity contribution is 4.92. The summed E-state index contributed by atoms with van der Waals surface area (Å²) in [6.45, 7) is 14.7. The summed E-state index contributed by atoms with van der Waals surface area (Å²) < 4.78 is 5.87. The van der Waals surface area contributed by atoms with E-state index in [1.807, 2.05) is 0 Å². The van der Waals surface area contributed by atoms with E-state index in [1.165, 1.54) is 58.2 Å². The molecule has 21 heavy (non-hydrogen) atoms. The van der Waals surface area contributed by atoms with Crippen LogP contribution in [0.4, 0.5) is 0 Å². The molecule has 0 aromatic rings. The molecule has 1 aliphatic carbocycles. The van der Waals surface area contributed by atoms with E-state index < -0.39 is 0 Å². The van der Waals surface area contributed by atoms with Crippen LogP contribution in [0.25, 0.3) is 0 Å². The Bertz CT molecular complexity index is 303. The van der Waals surface area contributed by atoms with Crippen LogP contribution in [0, 0.1) is 5.41 Å². The fourth-order valence-electron chi connectivity index (χ4n) is 3.97. The third-order valence-corrected chi connectivity index (χ3v) is 5.08. The molecule has 0 aromatic heterocycles. The predicted octanol–water partition coefficient (Wildman–Crippen LogP) is 3.44. The first-order valence-corrected chi connectivity index (χ1v) is 9.01. The second-order valence-corrected chi connectivity index (χ2v) is 8.27. The van der Waals surface area contributed by atoms with E-state index in [0.717, 1.165) is 13.2 Å². The monoisotopic (exact) mass is 296 g/mol. The first-order valence-electron chi connectivity index (χ1n) is 9.01. The van der Waals surface area contributed by atoms with Crippen molar-refractivity contribution in [3.05, 3.63) is 0 Å². The molecule has 0 amide bonds. The van der Waals surface area contributed by atoms with Crippen LogP contribution in [0.5, 0.6) is 0 Å². The molecule has 0 radical (unpaired) electrons. The van der Waals surface area contributed by atoms with E-state index in [1.54, 1.807) is 0 Å². The predicted molar refractivity (Wildman–Crippen MR) is 89.7 cm³/mol. The van der Waals surface area contributed by atoms with Crippen LogP contribution >= 0.6 is 0 Å². The molecule has 2 rings (SSSR count). The molecular formula is C18H36N2O. The van der Waals surface area contributed by atoms with Gasteiger partial charge in [0, 0.05) is 31.8 Å². The van der Waals surface area contributed by atoms with Crippen LogP contribution in [0.1, 0.15) is 66.2 Å². The Morgan fingerprint density at radius 3 is 2.52 bits per heavy atom.